The van der Waals surface area contributed by atoms with Crippen molar-refractivity contribution < 1.29 is 0 Å². The molecule has 0 spiro atoms. The van der Waals surface area contributed by atoms with Crippen LogP contribution in [0.1, 0.15) is 0 Å². The highest BCUT2D eigenvalue weighted by Crippen LogP contribution is 1.45. The molecule has 4 nitrogen and oxygen atoms in total. The summed E-state index contributed by atoms with van der Waals surface area (Å²) in [6.45, 7) is 0.317. The van der Waals surface area contributed by atoms with Gasteiger partial charge in [0.2, 0.25) is 0 Å². The van der Waals surface area contributed by atoms with Crippen molar-refractivity contribution in [3.05, 3.63) is 0 Å². The van der Waals surface area contributed by atoms with Crippen molar-refractivity contribution in [1.82, 2.24) is 10.9 Å². The van der Waals surface area contributed by atoms with Crippen molar-refractivity contribution in [2.75, 3.05) is 6.67 Å². The van der Waals surface area contributed by atoms with Gasteiger partial charge in [-0.3, -0.25) is 5.43 Å². The van der Waals surface area contributed by atoms with Crippen molar-refractivity contribution >= 4 is 17.3 Å². The van der Waals surface area contributed by atoms with Gasteiger partial charge in [0.15, 0.2) is 5.11 Å². The molecule has 0 bridgehead atoms. The summed E-state index contributed by atoms with van der Waals surface area (Å²) in [4.78, 5) is 0. The Bertz CT molecular complexity index is 62.7. The van der Waals surface area contributed by atoms with Crippen LogP contribution in [-0.4, -0.2) is 11.8 Å². The van der Waals surface area contributed by atoms with E-state index >= 15 is 0 Å². The van der Waals surface area contributed by atoms with Crippen LogP contribution in [0.25, 0.3) is 0 Å². The summed E-state index contributed by atoms with van der Waals surface area (Å²) in [7, 11) is 0. The second-order valence-corrected chi connectivity index (χ2v) is 1.31. The van der Waals surface area contributed by atoms with Gasteiger partial charge >= 0.3 is 0 Å². The zero-order valence-electron chi connectivity index (χ0n) is 3.77. The highest BCUT2D eigenvalue weighted by Gasteiger charge is 1.76. The minimum absolute atomic E-state index is 0.199. The average Bonchev–Trinajstić information content (AvgIpc) is 1.61. The lowest BCUT2D eigenvalue weighted by Crippen LogP contribution is -2.43. The van der Waals surface area contributed by atoms with Crippen molar-refractivity contribution in [2.24, 2.45) is 11.5 Å². The number of hydrogen-bond donors (Lipinski definition) is 4. The molecule has 0 heterocycles. The largest absolute Gasteiger partial charge is 0.375 e. The van der Waals surface area contributed by atoms with E-state index in [0.29, 0.717) is 6.67 Å². The quantitative estimate of drug-likeness (QED) is 0.197. The summed E-state index contributed by atoms with van der Waals surface area (Å²) in [5.41, 5.74) is 14.9. The molecule has 0 saturated heterocycles. The molecule has 0 amide bonds. The summed E-state index contributed by atoms with van der Waals surface area (Å²) in [6, 6.07) is 0. The molecule has 0 radical (unpaired) electrons. The summed E-state index contributed by atoms with van der Waals surface area (Å²) in [6.07, 6.45) is 0. The summed E-state index contributed by atoms with van der Waals surface area (Å²) >= 11 is 4.41. The van der Waals surface area contributed by atoms with Gasteiger partial charge in [-0.05, 0) is 12.2 Å². The highest BCUT2D eigenvalue weighted by atomic mass is 32.1. The fraction of sp³-hybridized carbons (Fsp3) is 0.500. The second-order valence-electron chi connectivity index (χ2n) is 0.870. The Morgan fingerprint density at radius 1 is 1.71 bits per heavy atom. The van der Waals surface area contributed by atoms with Crippen LogP contribution in [0.5, 0.6) is 0 Å². The van der Waals surface area contributed by atoms with Crippen molar-refractivity contribution in [1.29, 1.82) is 0 Å². The molecule has 5 heteroatoms. The lowest BCUT2D eigenvalue weighted by Gasteiger charge is -1.99. The minimum Gasteiger partial charge on any atom is -0.375 e. The maximum Gasteiger partial charge on any atom is 0.178 e. The number of nitrogens with two attached hydrogens (primary N) is 2. The number of nitrogens with one attached hydrogen (secondary N) is 2. The monoisotopic (exact) mass is 120 g/mol. The van der Waals surface area contributed by atoms with Crippen molar-refractivity contribution in [3.63, 3.8) is 0 Å². The van der Waals surface area contributed by atoms with Gasteiger partial charge in [-0.15, -0.1) is 0 Å². The fourth-order valence-electron chi connectivity index (χ4n) is 0.138. The Labute approximate surface area is 47.2 Å². The maximum absolute atomic E-state index is 4.99. The van der Waals surface area contributed by atoms with Gasteiger partial charge in [0, 0.05) is 0 Å². The molecule has 0 aromatic carbocycles. The Morgan fingerprint density at radius 3 is 2.43 bits per heavy atom. The predicted molar refractivity (Wildman–Crippen MR) is 32.1 cm³/mol. The lowest BCUT2D eigenvalue weighted by molar-refractivity contribution is 0.671. The molecule has 6 N–H and O–H groups in total. The normalized spacial score (nSPS) is 8.14. The number of hydrazine groups is 1. The summed E-state index contributed by atoms with van der Waals surface area (Å²) < 4.78 is 0. The van der Waals surface area contributed by atoms with Gasteiger partial charge in [-0.2, -0.15) is 0 Å². The molecular formula is C2H8N4S. The topological polar surface area (TPSA) is 76.1 Å². The molecule has 0 atom stereocenters. The van der Waals surface area contributed by atoms with Crippen LogP contribution in [0, 0.1) is 0 Å². The summed E-state index contributed by atoms with van der Waals surface area (Å²) in [5.74, 6) is 0. The first-order chi connectivity index (χ1) is 3.27. The molecule has 0 aliphatic rings. The fourth-order valence-corrected chi connectivity index (χ4v) is 0.210. The van der Waals surface area contributed by atoms with E-state index in [1.165, 1.54) is 0 Å². The van der Waals surface area contributed by atoms with E-state index in [-0.39, 0.29) is 5.11 Å². The van der Waals surface area contributed by atoms with Crippen LogP contribution in [-0.2, 0) is 0 Å². The van der Waals surface area contributed by atoms with Crippen LogP contribution in [0.4, 0.5) is 0 Å². The van der Waals surface area contributed by atoms with Crippen LogP contribution in [0.2, 0.25) is 0 Å². The highest BCUT2D eigenvalue weighted by molar-refractivity contribution is 7.80. The Kier molecular flexibility index (Phi) is 3.58. The van der Waals surface area contributed by atoms with E-state index in [1.807, 2.05) is 0 Å². The van der Waals surface area contributed by atoms with Gasteiger partial charge in [0.1, 0.15) is 0 Å². The van der Waals surface area contributed by atoms with Crippen LogP contribution in [0.3, 0.4) is 0 Å². The molecule has 0 fully saturated rings. The molecule has 0 unspecified atom stereocenters. The molecule has 42 valence electrons. The summed E-state index contributed by atoms with van der Waals surface area (Å²) in [5, 5.41) is 0.199. The Balaban J connectivity index is 2.82. The van der Waals surface area contributed by atoms with Gasteiger partial charge in [0.25, 0.3) is 0 Å². The second kappa shape index (κ2) is 3.79. The standard InChI is InChI=1S/C2H8N4S/c3-1-5-6-2(4)7/h5H,1,3H2,(H3,4,6,7). The van der Waals surface area contributed by atoms with Gasteiger partial charge in [-0.25, -0.2) is 5.43 Å². The number of thiocarbonyl (C=S) groups is 1. The third kappa shape index (κ3) is 5.61. The van der Waals surface area contributed by atoms with E-state index < -0.39 is 0 Å². The number of rotatable bonds is 2. The Morgan fingerprint density at radius 2 is 2.29 bits per heavy atom. The smallest absolute Gasteiger partial charge is 0.178 e. The van der Waals surface area contributed by atoms with E-state index in [0.717, 1.165) is 0 Å². The molecule has 0 aromatic rings. The predicted octanol–water partition coefficient (Wildman–Crippen LogP) is -1.76. The zero-order chi connectivity index (χ0) is 5.70. The first-order valence-electron chi connectivity index (χ1n) is 1.75. The minimum atomic E-state index is 0.199. The van der Waals surface area contributed by atoms with Crippen molar-refractivity contribution in [3.8, 4) is 0 Å². The molecule has 7 heavy (non-hydrogen) atoms. The van der Waals surface area contributed by atoms with E-state index in [2.05, 4.69) is 23.1 Å². The Hall–Kier alpha value is -0.390. The number of hydrogen-bond acceptors (Lipinski definition) is 3. The van der Waals surface area contributed by atoms with Gasteiger partial charge in [0.05, 0.1) is 6.67 Å². The molecular weight excluding hydrogens is 112 g/mol. The van der Waals surface area contributed by atoms with Crippen LogP contribution < -0.4 is 22.3 Å². The molecule has 0 rings (SSSR count). The van der Waals surface area contributed by atoms with E-state index in [1.54, 1.807) is 0 Å². The maximum atomic E-state index is 4.99. The van der Waals surface area contributed by atoms with E-state index in [4.69, 9.17) is 11.5 Å². The molecule has 0 aromatic heterocycles. The average molecular weight is 120 g/mol. The lowest BCUT2D eigenvalue weighted by atomic mass is 11.1. The first-order valence-corrected chi connectivity index (χ1v) is 2.16. The third-order valence-electron chi connectivity index (χ3n) is 0.314. The van der Waals surface area contributed by atoms with Gasteiger partial charge in [-0.1, -0.05) is 0 Å². The molecule has 0 saturated carbocycles. The first kappa shape index (κ1) is 6.61. The molecule has 0 aliphatic carbocycles. The van der Waals surface area contributed by atoms with E-state index in [9.17, 15) is 0 Å². The van der Waals surface area contributed by atoms with Gasteiger partial charge < -0.3 is 11.5 Å². The van der Waals surface area contributed by atoms with Crippen molar-refractivity contribution in [2.45, 2.75) is 0 Å². The SMILES string of the molecule is NCNNC(N)=S. The zero-order valence-corrected chi connectivity index (χ0v) is 4.59. The molecule has 0 aliphatic heterocycles. The third-order valence-corrected chi connectivity index (χ3v) is 0.416. The van der Waals surface area contributed by atoms with Crippen LogP contribution >= 0.6 is 12.2 Å². The van der Waals surface area contributed by atoms with Crippen LogP contribution in [0.15, 0.2) is 0 Å².